The van der Waals surface area contributed by atoms with Gasteiger partial charge < -0.3 is 9.64 Å². The summed E-state index contributed by atoms with van der Waals surface area (Å²) < 4.78 is 5.90. The molecular formula is C11H19BrN2OS. The zero-order chi connectivity index (χ0) is 11.8. The fraction of sp³-hybridized carbons (Fsp3) is 0.909. The van der Waals surface area contributed by atoms with Gasteiger partial charge in [-0.05, 0) is 20.8 Å². The van der Waals surface area contributed by atoms with Crippen molar-refractivity contribution in [3.8, 4) is 0 Å². The maximum atomic E-state index is 5.90. The molecule has 2 heterocycles. The summed E-state index contributed by atoms with van der Waals surface area (Å²) in [6.45, 7) is 9.28. The van der Waals surface area contributed by atoms with Crippen LogP contribution >= 0.6 is 27.7 Å². The van der Waals surface area contributed by atoms with Crippen LogP contribution < -0.4 is 0 Å². The Morgan fingerprint density at radius 1 is 1.62 bits per heavy atom. The Morgan fingerprint density at radius 2 is 2.38 bits per heavy atom. The van der Waals surface area contributed by atoms with Crippen LogP contribution in [0.1, 0.15) is 20.8 Å². The van der Waals surface area contributed by atoms with Gasteiger partial charge >= 0.3 is 0 Å². The van der Waals surface area contributed by atoms with Gasteiger partial charge in [0, 0.05) is 23.7 Å². The lowest BCUT2D eigenvalue weighted by molar-refractivity contribution is -0.112. The fourth-order valence-electron chi connectivity index (χ4n) is 2.26. The highest BCUT2D eigenvalue weighted by Crippen LogP contribution is 2.29. The van der Waals surface area contributed by atoms with Crippen molar-refractivity contribution in [3.05, 3.63) is 0 Å². The summed E-state index contributed by atoms with van der Waals surface area (Å²) in [4.78, 5) is 7.01. The SMILES string of the molecule is CC1CN(C2=NCC(CBr)S2)CC(C)(C)O1. The summed E-state index contributed by atoms with van der Waals surface area (Å²) in [5.74, 6) is 0. The number of morpholine rings is 1. The molecular weight excluding hydrogens is 288 g/mol. The molecule has 0 N–H and O–H groups in total. The number of amidine groups is 1. The first kappa shape index (κ1) is 12.7. The van der Waals surface area contributed by atoms with Gasteiger partial charge in [-0.15, -0.1) is 0 Å². The van der Waals surface area contributed by atoms with Crippen molar-refractivity contribution in [2.45, 2.75) is 37.7 Å². The molecule has 2 unspecified atom stereocenters. The first-order valence-corrected chi connectivity index (χ1v) is 7.70. The van der Waals surface area contributed by atoms with Crippen molar-refractivity contribution in [1.82, 2.24) is 4.90 Å². The lowest BCUT2D eigenvalue weighted by Gasteiger charge is -2.42. The highest BCUT2D eigenvalue weighted by atomic mass is 79.9. The van der Waals surface area contributed by atoms with Gasteiger partial charge in [-0.1, -0.05) is 27.7 Å². The molecule has 0 saturated carbocycles. The van der Waals surface area contributed by atoms with Crippen LogP contribution in [0.15, 0.2) is 4.99 Å². The summed E-state index contributed by atoms with van der Waals surface area (Å²) in [6.07, 6.45) is 0.287. The highest BCUT2D eigenvalue weighted by molar-refractivity contribution is 9.09. The summed E-state index contributed by atoms with van der Waals surface area (Å²) in [5.41, 5.74) is -0.0623. The smallest absolute Gasteiger partial charge is 0.159 e. The van der Waals surface area contributed by atoms with Gasteiger partial charge in [-0.2, -0.15) is 0 Å². The van der Waals surface area contributed by atoms with E-state index >= 15 is 0 Å². The van der Waals surface area contributed by atoms with Crippen molar-refractivity contribution in [2.75, 3.05) is 25.0 Å². The Kier molecular flexibility index (Phi) is 3.86. The van der Waals surface area contributed by atoms with Gasteiger partial charge in [-0.3, -0.25) is 4.99 Å². The van der Waals surface area contributed by atoms with E-state index in [-0.39, 0.29) is 11.7 Å². The Hall–Kier alpha value is 0.260. The lowest BCUT2D eigenvalue weighted by atomic mass is 10.1. The first-order chi connectivity index (χ1) is 7.50. The monoisotopic (exact) mass is 306 g/mol. The molecule has 1 saturated heterocycles. The zero-order valence-corrected chi connectivity index (χ0v) is 12.5. The molecule has 2 aliphatic rings. The van der Waals surface area contributed by atoms with Crippen LogP contribution in [-0.4, -0.2) is 52.0 Å². The standard InChI is InChI=1S/C11H19BrN2OS/c1-8-6-14(7-11(2,3)15-8)10-13-5-9(4-12)16-10/h8-9H,4-7H2,1-3H3. The quantitative estimate of drug-likeness (QED) is 0.695. The minimum atomic E-state index is -0.0623. The maximum Gasteiger partial charge on any atom is 0.159 e. The minimum absolute atomic E-state index is 0.0623. The number of rotatable bonds is 1. The van der Waals surface area contributed by atoms with Gasteiger partial charge in [0.15, 0.2) is 5.17 Å². The molecule has 0 aromatic rings. The third kappa shape index (κ3) is 2.93. The Balaban J connectivity index is 2.00. The van der Waals surface area contributed by atoms with Crippen molar-refractivity contribution < 1.29 is 4.74 Å². The summed E-state index contributed by atoms with van der Waals surface area (Å²) in [7, 11) is 0. The van der Waals surface area contributed by atoms with Crippen LogP contribution in [-0.2, 0) is 4.74 Å². The molecule has 3 nitrogen and oxygen atoms in total. The largest absolute Gasteiger partial charge is 0.369 e. The highest BCUT2D eigenvalue weighted by Gasteiger charge is 2.34. The summed E-state index contributed by atoms with van der Waals surface area (Å²) in [5, 5.41) is 2.83. The number of ether oxygens (including phenoxy) is 1. The molecule has 0 radical (unpaired) electrons. The molecule has 0 aromatic carbocycles. The van der Waals surface area contributed by atoms with Gasteiger partial charge in [-0.25, -0.2) is 0 Å². The fourth-order valence-corrected chi connectivity index (χ4v) is 3.81. The predicted octanol–water partition coefficient (Wildman–Crippen LogP) is 2.35. The van der Waals surface area contributed by atoms with Gasteiger partial charge in [0.25, 0.3) is 0 Å². The van der Waals surface area contributed by atoms with Crippen molar-refractivity contribution >= 4 is 32.9 Å². The molecule has 0 bridgehead atoms. The van der Waals surface area contributed by atoms with Crippen LogP contribution in [0, 0.1) is 0 Å². The third-order valence-corrected chi connectivity index (χ3v) is 5.17. The molecule has 2 atom stereocenters. The minimum Gasteiger partial charge on any atom is -0.369 e. The van der Waals surface area contributed by atoms with Crippen molar-refractivity contribution in [2.24, 2.45) is 4.99 Å². The Bertz CT molecular complexity index is 296. The Labute approximate surface area is 110 Å². The van der Waals surface area contributed by atoms with E-state index in [4.69, 9.17) is 4.74 Å². The zero-order valence-electron chi connectivity index (χ0n) is 10.1. The van der Waals surface area contributed by atoms with Crippen molar-refractivity contribution in [1.29, 1.82) is 0 Å². The average Bonchev–Trinajstić information content (AvgIpc) is 2.62. The molecule has 0 spiro atoms. The second kappa shape index (κ2) is 4.86. The Morgan fingerprint density at radius 3 is 2.94 bits per heavy atom. The number of hydrogen-bond acceptors (Lipinski definition) is 4. The van der Waals surface area contributed by atoms with Crippen LogP contribution in [0.25, 0.3) is 0 Å². The molecule has 5 heteroatoms. The van der Waals surface area contributed by atoms with Crippen LogP contribution in [0.3, 0.4) is 0 Å². The van der Waals surface area contributed by atoms with E-state index < -0.39 is 0 Å². The molecule has 2 aliphatic heterocycles. The summed E-state index contributed by atoms with van der Waals surface area (Å²) >= 11 is 5.42. The van der Waals surface area contributed by atoms with Crippen molar-refractivity contribution in [3.63, 3.8) is 0 Å². The molecule has 92 valence electrons. The van der Waals surface area contributed by atoms with E-state index in [1.54, 1.807) is 0 Å². The van der Waals surface area contributed by atoms with Crippen LogP contribution in [0.4, 0.5) is 0 Å². The van der Waals surface area contributed by atoms with E-state index in [2.05, 4.69) is 46.6 Å². The number of alkyl halides is 1. The van der Waals surface area contributed by atoms with E-state index in [0.29, 0.717) is 5.25 Å². The molecule has 0 aliphatic carbocycles. The van der Waals surface area contributed by atoms with Crippen LogP contribution in [0.5, 0.6) is 0 Å². The second-order valence-corrected chi connectivity index (χ2v) is 7.00. The number of nitrogens with zero attached hydrogens (tertiary/aromatic N) is 2. The van der Waals surface area contributed by atoms with E-state index in [0.717, 1.165) is 25.0 Å². The van der Waals surface area contributed by atoms with Crippen LogP contribution in [0.2, 0.25) is 0 Å². The molecule has 1 fully saturated rings. The van der Waals surface area contributed by atoms with E-state index in [1.165, 1.54) is 5.17 Å². The number of aliphatic imine (C=N–C) groups is 1. The first-order valence-electron chi connectivity index (χ1n) is 5.70. The third-order valence-electron chi connectivity index (χ3n) is 2.71. The number of thioether (sulfide) groups is 1. The summed E-state index contributed by atoms with van der Waals surface area (Å²) in [6, 6.07) is 0. The molecule has 16 heavy (non-hydrogen) atoms. The predicted molar refractivity (Wildman–Crippen MR) is 73.7 cm³/mol. The van der Waals surface area contributed by atoms with Gasteiger partial charge in [0.05, 0.1) is 18.2 Å². The molecule has 0 amide bonds. The number of halogens is 1. The average molecular weight is 307 g/mol. The molecule has 2 rings (SSSR count). The van der Waals surface area contributed by atoms with Gasteiger partial charge in [0.2, 0.25) is 0 Å². The topological polar surface area (TPSA) is 24.8 Å². The normalized spacial score (nSPS) is 34.0. The van der Waals surface area contributed by atoms with Gasteiger partial charge in [0.1, 0.15) is 0 Å². The second-order valence-electron chi connectivity index (χ2n) is 5.09. The lowest BCUT2D eigenvalue weighted by Crippen LogP contribution is -2.53. The molecule has 0 aromatic heterocycles. The maximum absolute atomic E-state index is 5.90. The number of hydrogen-bond donors (Lipinski definition) is 0. The van der Waals surface area contributed by atoms with E-state index in [9.17, 15) is 0 Å². The van der Waals surface area contributed by atoms with E-state index in [1.807, 2.05) is 11.8 Å².